The number of nitrogens with zero attached hydrogens (tertiary/aromatic N) is 3. The molecule has 1 N–H and O–H groups in total. The van der Waals surface area contributed by atoms with Crippen molar-refractivity contribution in [3.8, 4) is 11.3 Å². The van der Waals surface area contributed by atoms with Gasteiger partial charge in [0.25, 0.3) is 5.91 Å². The minimum atomic E-state index is -3.49. The number of aromatic nitrogens is 3. The summed E-state index contributed by atoms with van der Waals surface area (Å²) >= 11 is 0. The highest BCUT2D eigenvalue weighted by Crippen LogP contribution is 2.23. The molecule has 2 aromatic carbocycles. The van der Waals surface area contributed by atoms with Gasteiger partial charge in [0.05, 0.1) is 11.9 Å². The Kier molecular flexibility index (Phi) is 4.85. The van der Waals surface area contributed by atoms with Crippen LogP contribution in [0.2, 0.25) is 0 Å². The van der Waals surface area contributed by atoms with E-state index in [0.29, 0.717) is 17.8 Å². The maximum absolute atomic E-state index is 12.4. The third-order valence-electron chi connectivity index (χ3n) is 4.49. The number of nitrogens with one attached hydrogen (secondary N) is 1. The third-order valence-corrected chi connectivity index (χ3v) is 5.48. The number of rotatable bonds is 5. The summed E-state index contributed by atoms with van der Waals surface area (Å²) < 4.78 is 25.5. The molecule has 0 bridgehead atoms. The Morgan fingerprint density at radius 1 is 1.03 bits per heavy atom. The Labute approximate surface area is 168 Å². The molecule has 1 amide bonds. The van der Waals surface area contributed by atoms with Crippen LogP contribution in [0, 0.1) is 0 Å². The lowest BCUT2D eigenvalue weighted by atomic mass is 10.1. The van der Waals surface area contributed by atoms with Crippen molar-refractivity contribution in [2.75, 3.05) is 6.26 Å². The molecule has 7 nitrogen and oxygen atoms in total. The van der Waals surface area contributed by atoms with Crippen LogP contribution in [-0.2, 0) is 16.4 Å². The highest BCUT2D eigenvalue weighted by atomic mass is 32.2. The molecule has 0 unspecified atom stereocenters. The van der Waals surface area contributed by atoms with Crippen molar-refractivity contribution in [3.05, 3.63) is 84.3 Å². The standard InChI is InChI=1S/C21H18N4O3S/c1-29(27,28)21-19-23-14-18(25(19)12-11-22-21)16-7-9-17(10-8-16)20(26)24-13-15-5-3-2-4-6-15/h2-12,14H,13H2,1H3,(H,24,26). The largest absolute Gasteiger partial charge is 0.348 e. The van der Waals surface area contributed by atoms with Gasteiger partial charge in [0.2, 0.25) is 0 Å². The fourth-order valence-electron chi connectivity index (χ4n) is 3.04. The van der Waals surface area contributed by atoms with Crippen molar-refractivity contribution in [2.45, 2.75) is 11.6 Å². The molecule has 0 aliphatic rings. The first kappa shape index (κ1) is 18.8. The fraction of sp³-hybridized carbons (Fsp3) is 0.0952. The summed E-state index contributed by atoms with van der Waals surface area (Å²) in [6.45, 7) is 0.454. The number of carbonyl (C=O) groups excluding carboxylic acids is 1. The Balaban J connectivity index is 1.57. The van der Waals surface area contributed by atoms with Gasteiger partial charge in [-0.3, -0.25) is 9.20 Å². The van der Waals surface area contributed by atoms with Gasteiger partial charge in [0.1, 0.15) is 0 Å². The smallest absolute Gasteiger partial charge is 0.251 e. The number of fused-ring (bicyclic) bond motifs is 1. The first-order chi connectivity index (χ1) is 13.9. The molecule has 0 fully saturated rings. The van der Waals surface area contributed by atoms with Crippen LogP contribution >= 0.6 is 0 Å². The molecule has 2 aromatic heterocycles. The summed E-state index contributed by atoms with van der Waals surface area (Å²) in [5.74, 6) is -0.165. The van der Waals surface area contributed by atoms with Crippen molar-refractivity contribution < 1.29 is 13.2 Å². The zero-order valence-electron chi connectivity index (χ0n) is 15.6. The molecule has 0 atom stereocenters. The van der Waals surface area contributed by atoms with Gasteiger partial charge >= 0.3 is 0 Å². The monoisotopic (exact) mass is 406 g/mol. The topological polar surface area (TPSA) is 93.4 Å². The van der Waals surface area contributed by atoms with Crippen LogP contribution in [0.1, 0.15) is 15.9 Å². The lowest BCUT2D eigenvalue weighted by Gasteiger charge is -2.07. The number of carbonyl (C=O) groups is 1. The Morgan fingerprint density at radius 2 is 1.76 bits per heavy atom. The van der Waals surface area contributed by atoms with Gasteiger partial charge in [-0.1, -0.05) is 42.5 Å². The molecule has 146 valence electrons. The highest BCUT2D eigenvalue weighted by Gasteiger charge is 2.17. The van der Waals surface area contributed by atoms with E-state index in [1.54, 1.807) is 41.1 Å². The number of imidazole rings is 1. The molecule has 0 spiro atoms. The molecule has 0 saturated carbocycles. The van der Waals surface area contributed by atoms with Crippen LogP contribution in [0.5, 0.6) is 0 Å². The molecule has 2 heterocycles. The molecule has 8 heteroatoms. The second-order valence-electron chi connectivity index (χ2n) is 6.59. The van der Waals surface area contributed by atoms with Crippen molar-refractivity contribution in [1.82, 2.24) is 19.7 Å². The van der Waals surface area contributed by atoms with Crippen molar-refractivity contribution in [2.24, 2.45) is 0 Å². The van der Waals surface area contributed by atoms with Crippen LogP contribution in [0.3, 0.4) is 0 Å². The molecule has 0 aliphatic heterocycles. The van der Waals surface area contributed by atoms with Crippen molar-refractivity contribution in [3.63, 3.8) is 0 Å². The van der Waals surface area contributed by atoms with E-state index in [2.05, 4.69) is 15.3 Å². The molecule has 0 aliphatic carbocycles. The number of benzene rings is 2. The SMILES string of the molecule is CS(=O)(=O)c1nccn2c(-c3ccc(C(=O)NCc4ccccc4)cc3)cnc12. The Morgan fingerprint density at radius 3 is 2.45 bits per heavy atom. The van der Waals surface area contributed by atoms with E-state index in [1.807, 2.05) is 30.3 Å². The van der Waals surface area contributed by atoms with Crippen LogP contribution in [0.25, 0.3) is 16.9 Å². The minimum Gasteiger partial charge on any atom is -0.348 e. The average molecular weight is 406 g/mol. The minimum absolute atomic E-state index is 0.0665. The summed E-state index contributed by atoms with van der Waals surface area (Å²) in [7, 11) is -3.49. The predicted molar refractivity (Wildman–Crippen MR) is 109 cm³/mol. The maximum atomic E-state index is 12.4. The second kappa shape index (κ2) is 7.48. The van der Waals surface area contributed by atoms with Gasteiger partial charge in [-0.15, -0.1) is 0 Å². The zero-order chi connectivity index (χ0) is 20.4. The molecule has 29 heavy (non-hydrogen) atoms. The summed E-state index contributed by atoms with van der Waals surface area (Å²) in [6.07, 6.45) is 5.79. The van der Waals surface area contributed by atoms with Crippen molar-refractivity contribution >= 4 is 21.4 Å². The van der Waals surface area contributed by atoms with Crippen molar-refractivity contribution in [1.29, 1.82) is 0 Å². The van der Waals surface area contributed by atoms with Crippen LogP contribution in [0.15, 0.2) is 78.2 Å². The zero-order valence-corrected chi connectivity index (χ0v) is 16.4. The molecular weight excluding hydrogens is 388 g/mol. The molecule has 0 saturated heterocycles. The van der Waals surface area contributed by atoms with Crippen LogP contribution in [-0.4, -0.2) is 34.9 Å². The van der Waals surface area contributed by atoms with E-state index in [0.717, 1.165) is 17.4 Å². The normalized spacial score (nSPS) is 11.5. The first-order valence-electron chi connectivity index (χ1n) is 8.88. The lowest BCUT2D eigenvalue weighted by Crippen LogP contribution is -2.22. The number of hydrogen-bond acceptors (Lipinski definition) is 5. The van der Waals surface area contributed by atoms with E-state index in [9.17, 15) is 13.2 Å². The Bertz CT molecular complexity index is 1280. The summed E-state index contributed by atoms with van der Waals surface area (Å²) in [4.78, 5) is 20.5. The first-order valence-corrected chi connectivity index (χ1v) is 10.8. The van der Waals surface area contributed by atoms with E-state index >= 15 is 0 Å². The molecule has 0 radical (unpaired) electrons. The van der Waals surface area contributed by atoms with E-state index in [1.165, 1.54) is 6.20 Å². The van der Waals surface area contributed by atoms with E-state index < -0.39 is 9.84 Å². The van der Waals surface area contributed by atoms with Gasteiger partial charge in [-0.25, -0.2) is 18.4 Å². The fourth-order valence-corrected chi connectivity index (χ4v) is 3.78. The van der Waals surface area contributed by atoms with Gasteiger partial charge in [0.15, 0.2) is 20.5 Å². The van der Waals surface area contributed by atoms with Gasteiger partial charge in [-0.05, 0) is 17.7 Å². The summed E-state index contributed by atoms with van der Waals surface area (Å²) in [5.41, 5.74) is 3.36. The second-order valence-corrected chi connectivity index (χ2v) is 8.52. The predicted octanol–water partition coefficient (Wildman–Crippen LogP) is 2.73. The molecule has 4 aromatic rings. The summed E-state index contributed by atoms with van der Waals surface area (Å²) in [6, 6.07) is 16.8. The van der Waals surface area contributed by atoms with E-state index in [4.69, 9.17) is 0 Å². The average Bonchev–Trinajstić information content (AvgIpc) is 3.16. The lowest BCUT2D eigenvalue weighted by molar-refractivity contribution is 0.0951. The number of amides is 1. The quantitative estimate of drug-likeness (QED) is 0.550. The van der Waals surface area contributed by atoms with Gasteiger partial charge in [-0.2, -0.15) is 0 Å². The number of hydrogen-bond donors (Lipinski definition) is 1. The molecule has 4 rings (SSSR count). The van der Waals surface area contributed by atoms with Gasteiger partial charge in [0, 0.05) is 36.3 Å². The van der Waals surface area contributed by atoms with Gasteiger partial charge < -0.3 is 5.32 Å². The van der Waals surface area contributed by atoms with Crippen LogP contribution in [0.4, 0.5) is 0 Å². The van der Waals surface area contributed by atoms with Crippen LogP contribution < -0.4 is 5.32 Å². The third kappa shape index (κ3) is 3.88. The molecular formula is C21H18N4O3S. The Hall–Kier alpha value is -3.52. The number of sulfone groups is 1. The highest BCUT2D eigenvalue weighted by molar-refractivity contribution is 7.90. The summed E-state index contributed by atoms with van der Waals surface area (Å²) in [5, 5.41) is 2.83. The van der Waals surface area contributed by atoms with E-state index in [-0.39, 0.29) is 16.6 Å². The maximum Gasteiger partial charge on any atom is 0.251 e.